The van der Waals surface area contributed by atoms with Gasteiger partial charge in [-0.25, -0.2) is 13.1 Å². The lowest BCUT2D eigenvalue weighted by Crippen LogP contribution is -2.40. The summed E-state index contributed by atoms with van der Waals surface area (Å²) in [5, 5.41) is 4.38. The van der Waals surface area contributed by atoms with Gasteiger partial charge in [0.1, 0.15) is 5.88 Å². The van der Waals surface area contributed by atoms with Crippen molar-refractivity contribution in [2.45, 2.75) is 6.42 Å². The van der Waals surface area contributed by atoms with Crippen molar-refractivity contribution in [2.24, 2.45) is 0 Å². The molecule has 110 valence electrons. The number of sulfone groups is 1. The molecule has 3 rings (SSSR count). The molecule has 8 heteroatoms. The summed E-state index contributed by atoms with van der Waals surface area (Å²) in [6.45, 7) is 0.364. The molecule has 0 N–H and O–H groups in total. The minimum absolute atomic E-state index is 0.261. The second kappa shape index (κ2) is 4.96. The van der Waals surface area contributed by atoms with Crippen molar-refractivity contribution in [3.63, 3.8) is 0 Å². The van der Waals surface area contributed by atoms with E-state index < -0.39 is 9.84 Å². The zero-order valence-electron chi connectivity index (χ0n) is 11.4. The van der Waals surface area contributed by atoms with Gasteiger partial charge in [-0.3, -0.25) is 9.78 Å². The summed E-state index contributed by atoms with van der Waals surface area (Å²) in [4.78, 5) is 17.7. The van der Waals surface area contributed by atoms with Crippen LogP contribution >= 0.6 is 0 Å². The van der Waals surface area contributed by atoms with Crippen LogP contribution in [0.4, 0.5) is 0 Å². The highest BCUT2D eigenvalue weighted by Gasteiger charge is 2.29. The van der Waals surface area contributed by atoms with Gasteiger partial charge < -0.3 is 4.90 Å². The molecule has 0 saturated carbocycles. The largest absolute Gasteiger partial charge is 0.324 e. The number of nitrogens with zero attached hydrogens (tertiary/aromatic N) is 4. The second-order valence-corrected chi connectivity index (χ2v) is 7.13. The van der Waals surface area contributed by atoms with E-state index in [1.54, 1.807) is 29.3 Å². The molecular weight excluding hydrogens is 292 g/mol. The lowest BCUT2D eigenvalue weighted by Gasteiger charge is -2.24. The van der Waals surface area contributed by atoms with E-state index in [1.807, 2.05) is 6.07 Å². The third-order valence-corrected chi connectivity index (χ3v) is 4.01. The summed E-state index contributed by atoms with van der Waals surface area (Å²) >= 11 is 0. The molecule has 1 aliphatic heterocycles. The minimum Gasteiger partial charge on any atom is -0.324 e. The van der Waals surface area contributed by atoms with Crippen molar-refractivity contribution in [3.05, 3.63) is 42.0 Å². The Morgan fingerprint density at radius 2 is 2.19 bits per heavy atom. The Kier molecular flexibility index (Phi) is 3.25. The molecule has 0 aliphatic carbocycles. The highest BCUT2D eigenvalue weighted by Crippen LogP contribution is 2.19. The molecule has 21 heavy (non-hydrogen) atoms. The molecule has 3 heterocycles. The zero-order valence-corrected chi connectivity index (χ0v) is 12.2. The molecule has 0 unspecified atom stereocenters. The van der Waals surface area contributed by atoms with Crippen molar-refractivity contribution in [1.82, 2.24) is 19.7 Å². The van der Waals surface area contributed by atoms with E-state index in [-0.39, 0.29) is 11.8 Å². The first-order valence-electron chi connectivity index (χ1n) is 6.40. The molecule has 0 aromatic carbocycles. The van der Waals surface area contributed by atoms with Crippen molar-refractivity contribution in [3.8, 4) is 5.69 Å². The van der Waals surface area contributed by atoms with Gasteiger partial charge in [-0.15, -0.1) is 0 Å². The fourth-order valence-corrected chi connectivity index (χ4v) is 3.13. The number of amides is 1. The molecule has 0 bridgehead atoms. The Hall–Kier alpha value is -2.22. The third-order valence-electron chi connectivity index (χ3n) is 3.23. The maximum Gasteiger partial charge on any atom is 0.258 e. The highest BCUT2D eigenvalue weighted by molar-refractivity contribution is 7.90. The topological polar surface area (TPSA) is 85.2 Å². The van der Waals surface area contributed by atoms with Gasteiger partial charge in [-0.1, -0.05) is 0 Å². The zero-order chi connectivity index (χ0) is 15.0. The number of carbonyl (C=O) groups is 1. The van der Waals surface area contributed by atoms with E-state index in [2.05, 4.69) is 10.1 Å². The molecule has 0 fully saturated rings. The molecule has 1 amide bonds. The number of hydrogen-bond acceptors (Lipinski definition) is 5. The minimum atomic E-state index is -3.24. The standard InChI is InChI=1S/C13H14N4O3S/c1-21(19,20)9-16-6-4-12-11(13(16)18)8-17(15-12)10-3-2-5-14-7-10/h2-3,5,7-8H,4,6,9H2,1H3. The van der Waals surface area contributed by atoms with Gasteiger partial charge >= 0.3 is 0 Å². The van der Waals surface area contributed by atoms with Crippen molar-refractivity contribution in [2.75, 3.05) is 18.7 Å². The van der Waals surface area contributed by atoms with Crippen molar-refractivity contribution >= 4 is 15.7 Å². The summed E-state index contributed by atoms with van der Waals surface area (Å²) in [6.07, 6.45) is 6.60. The van der Waals surface area contributed by atoms with Crippen LogP contribution in [0, 0.1) is 0 Å². The first-order chi connectivity index (χ1) is 9.94. The Morgan fingerprint density at radius 1 is 1.38 bits per heavy atom. The van der Waals surface area contributed by atoms with Crippen LogP contribution in [0.1, 0.15) is 16.1 Å². The van der Waals surface area contributed by atoms with Gasteiger partial charge in [0.25, 0.3) is 5.91 Å². The van der Waals surface area contributed by atoms with Crippen LogP contribution in [0.15, 0.2) is 30.7 Å². The second-order valence-electron chi connectivity index (χ2n) is 5.02. The SMILES string of the molecule is CS(=O)(=O)CN1CCc2nn(-c3cccnc3)cc2C1=O. The summed E-state index contributed by atoms with van der Waals surface area (Å²) < 4.78 is 24.3. The number of fused-ring (bicyclic) bond motifs is 1. The van der Waals surface area contributed by atoms with Crippen LogP contribution in [-0.2, 0) is 16.3 Å². The van der Waals surface area contributed by atoms with Gasteiger partial charge in [-0.05, 0) is 12.1 Å². The van der Waals surface area contributed by atoms with Gasteiger partial charge in [-0.2, -0.15) is 5.10 Å². The number of carbonyl (C=O) groups excluding carboxylic acids is 1. The summed E-state index contributed by atoms with van der Waals surface area (Å²) in [5.41, 5.74) is 1.90. The lowest BCUT2D eigenvalue weighted by molar-refractivity contribution is 0.0768. The molecule has 0 saturated heterocycles. The van der Waals surface area contributed by atoms with E-state index in [0.29, 0.717) is 24.2 Å². The predicted octanol–water partition coefficient (Wildman–Crippen LogP) is 0.268. The monoisotopic (exact) mass is 306 g/mol. The molecule has 2 aromatic heterocycles. The first kappa shape index (κ1) is 13.7. The first-order valence-corrected chi connectivity index (χ1v) is 8.46. The molecule has 0 atom stereocenters. The molecule has 7 nitrogen and oxygen atoms in total. The number of rotatable bonds is 3. The number of pyridine rings is 1. The van der Waals surface area contributed by atoms with Crippen molar-refractivity contribution < 1.29 is 13.2 Å². The quantitative estimate of drug-likeness (QED) is 0.812. The normalized spacial score (nSPS) is 15.1. The highest BCUT2D eigenvalue weighted by atomic mass is 32.2. The fraction of sp³-hybridized carbons (Fsp3) is 0.308. The van der Waals surface area contributed by atoms with Gasteiger partial charge in [0.2, 0.25) is 0 Å². The van der Waals surface area contributed by atoms with Gasteiger partial charge in [0.15, 0.2) is 9.84 Å². The molecule has 0 spiro atoms. The van der Waals surface area contributed by atoms with E-state index in [1.165, 1.54) is 4.90 Å². The molecule has 1 aliphatic rings. The summed E-state index contributed by atoms with van der Waals surface area (Å²) in [7, 11) is -3.24. The van der Waals surface area contributed by atoms with Crippen LogP contribution in [-0.4, -0.2) is 52.7 Å². The Morgan fingerprint density at radius 3 is 2.86 bits per heavy atom. The molecule has 2 aromatic rings. The average molecular weight is 306 g/mol. The maximum atomic E-state index is 12.3. The molecular formula is C13H14N4O3S. The van der Waals surface area contributed by atoms with E-state index in [4.69, 9.17) is 0 Å². The van der Waals surface area contributed by atoms with Gasteiger partial charge in [0.05, 0.1) is 23.1 Å². The van der Waals surface area contributed by atoms with Crippen LogP contribution in [0.2, 0.25) is 0 Å². The number of hydrogen-bond donors (Lipinski definition) is 0. The van der Waals surface area contributed by atoms with E-state index >= 15 is 0 Å². The van der Waals surface area contributed by atoms with Crippen LogP contribution in [0.3, 0.4) is 0 Å². The third kappa shape index (κ3) is 2.80. The van der Waals surface area contributed by atoms with Gasteiger partial charge in [0, 0.05) is 31.6 Å². The van der Waals surface area contributed by atoms with Crippen LogP contribution in [0.25, 0.3) is 5.69 Å². The van der Waals surface area contributed by atoms with Crippen LogP contribution < -0.4 is 0 Å². The van der Waals surface area contributed by atoms with Crippen LogP contribution in [0.5, 0.6) is 0 Å². The van der Waals surface area contributed by atoms with E-state index in [0.717, 1.165) is 11.9 Å². The smallest absolute Gasteiger partial charge is 0.258 e. The summed E-state index contributed by atoms with van der Waals surface area (Å²) in [6, 6.07) is 3.62. The Balaban J connectivity index is 1.93. The van der Waals surface area contributed by atoms with E-state index in [9.17, 15) is 13.2 Å². The lowest BCUT2D eigenvalue weighted by atomic mass is 10.1. The predicted molar refractivity (Wildman–Crippen MR) is 75.8 cm³/mol. The Labute approximate surface area is 122 Å². The maximum absolute atomic E-state index is 12.3. The van der Waals surface area contributed by atoms with Crippen molar-refractivity contribution in [1.29, 1.82) is 0 Å². The summed E-state index contributed by atoms with van der Waals surface area (Å²) in [5.74, 6) is -0.555. The average Bonchev–Trinajstić information content (AvgIpc) is 2.87. The number of aromatic nitrogens is 3. The fourth-order valence-electron chi connectivity index (χ4n) is 2.31. The molecule has 0 radical (unpaired) electrons. The Bertz CT molecular complexity index is 783.